The molecule has 0 saturated carbocycles. The molecule has 1 saturated heterocycles. The first-order valence-corrected chi connectivity index (χ1v) is 9.78. The third kappa shape index (κ3) is 4.91. The Bertz CT molecular complexity index is 692. The van der Waals surface area contributed by atoms with Crippen LogP contribution in [0.4, 0.5) is 5.69 Å². The fourth-order valence-electron chi connectivity index (χ4n) is 3.43. The van der Waals surface area contributed by atoms with Crippen LogP contribution in [0.3, 0.4) is 0 Å². The lowest BCUT2D eigenvalue weighted by atomic mass is 10.0. The molecule has 0 aromatic heterocycles. The van der Waals surface area contributed by atoms with Crippen molar-refractivity contribution < 1.29 is 0 Å². The summed E-state index contributed by atoms with van der Waals surface area (Å²) >= 11 is 12.1. The quantitative estimate of drug-likeness (QED) is 0.684. The maximum absolute atomic E-state index is 6.11. The highest BCUT2D eigenvalue weighted by Gasteiger charge is 2.21. The summed E-state index contributed by atoms with van der Waals surface area (Å²) in [5.41, 5.74) is 3.92. The van der Waals surface area contributed by atoms with Gasteiger partial charge in [-0.2, -0.15) is 0 Å². The number of aryl methyl sites for hydroxylation is 2. The van der Waals surface area contributed by atoms with E-state index in [2.05, 4.69) is 54.0 Å². The van der Waals surface area contributed by atoms with Gasteiger partial charge < -0.3 is 4.90 Å². The second-order valence-electron chi connectivity index (χ2n) is 6.99. The van der Waals surface area contributed by atoms with Crippen LogP contribution in [-0.4, -0.2) is 37.1 Å². The van der Waals surface area contributed by atoms with Crippen LogP contribution in [0.15, 0.2) is 42.5 Å². The van der Waals surface area contributed by atoms with Gasteiger partial charge in [0, 0.05) is 37.9 Å². The first kappa shape index (κ1) is 18.6. The van der Waals surface area contributed by atoms with Gasteiger partial charge in [0.15, 0.2) is 0 Å². The van der Waals surface area contributed by atoms with Gasteiger partial charge in [-0.25, -0.2) is 0 Å². The zero-order chi connectivity index (χ0) is 17.8. The number of piperazine rings is 1. The summed E-state index contributed by atoms with van der Waals surface area (Å²) in [6.45, 7) is 8.91. The van der Waals surface area contributed by atoms with Crippen molar-refractivity contribution in [1.82, 2.24) is 4.90 Å². The number of hydrogen-bond acceptors (Lipinski definition) is 2. The standard InChI is InChI=1S/C21H26Cl2N2/c1-16-3-8-19(9-4-16)25-13-11-24(12-14-25)17(2)5-6-18-7-10-20(22)21(23)15-18/h3-4,7-10,15,17H,5-6,11-14H2,1-2H3. The number of hydrogen-bond donors (Lipinski definition) is 0. The molecule has 0 radical (unpaired) electrons. The first-order chi connectivity index (χ1) is 12.0. The summed E-state index contributed by atoms with van der Waals surface area (Å²) in [7, 11) is 0. The molecule has 134 valence electrons. The lowest BCUT2D eigenvalue weighted by Gasteiger charge is -2.39. The Labute approximate surface area is 161 Å². The van der Waals surface area contributed by atoms with Crippen LogP contribution in [0.25, 0.3) is 0 Å². The largest absolute Gasteiger partial charge is 0.369 e. The third-order valence-electron chi connectivity index (χ3n) is 5.17. The van der Waals surface area contributed by atoms with Crippen molar-refractivity contribution in [2.45, 2.75) is 32.7 Å². The predicted molar refractivity (Wildman–Crippen MR) is 109 cm³/mol. The van der Waals surface area contributed by atoms with Gasteiger partial charge in [-0.15, -0.1) is 0 Å². The Morgan fingerprint density at radius 3 is 2.24 bits per heavy atom. The number of benzene rings is 2. The average Bonchev–Trinajstić information content (AvgIpc) is 2.63. The molecule has 0 N–H and O–H groups in total. The van der Waals surface area contributed by atoms with Crippen LogP contribution in [0, 0.1) is 6.92 Å². The van der Waals surface area contributed by atoms with Crippen molar-refractivity contribution in [2.75, 3.05) is 31.1 Å². The van der Waals surface area contributed by atoms with Crippen LogP contribution >= 0.6 is 23.2 Å². The third-order valence-corrected chi connectivity index (χ3v) is 5.91. The van der Waals surface area contributed by atoms with E-state index < -0.39 is 0 Å². The smallest absolute Gasteiger partial charge is 0.0595 e. The van der Waals surface area contributed by atoms with E-state index in [-0.39, 0.29) is 0 Å². The Hall–Kier alpha value is -1.22. The van der Waals surface area contributed by atoms with Crippen molar-refractivity contribution in [3.05, 3.63) is 63.6 Å². The van der Waals surface area contributed by atoms with Crippen molar-refractivity contribution in [2.24, 2.45) is 0 Å². The zero-order valence-electron chi connectivity index (χ0n) is 15.0. The predicted octanol–water partition coefficient (Wildman–Crippen LogP) is 5.45. The molecule has 0 spiro atoms. The monoisotopic (exact) mass is 376 g/mol. The summed E-state index contributed by atoms with van der Waals surface area (Å²) in [6, 6.07) is 15.4. The van der Waals surface area contributed by atoms with Gasteiger partial charge in [0.25, 0.3) is 0 Å². The molecule has 1 aliphatic heterocycles. The van der Waals surface area contributed by atoms with Gasteiger partial charge in [0.2, 0.25) is 0 Å². The molecule has 1 aliphatic rings. The van der Waals surface area contributed by atoms with Crippen LogP contribution < -0.4 is 4.90 Å². The second kappa shape index (κ2) is 8.44. The summed E-state index contributed by atoms with van der Waals surface area (Å²) in [5, 5.41) is 1.28. The Kier molecular flexibility index (Phi) is 6.27. The topological polar surface area (TPSA) is 6.48 Å². The molecule has 2 nitrogen and oxygen atoms in total. The van der Waals surface area contributed by atoms with Crippen molar-refractivity contribution in [1.29, 1.82) is 0 Å². The molecule has 4 heteroatoms. The van der Waals surface area contributed by atoms with Gasteiger partial charge in [-0.1, -0.05) is 47.0 Å². The van der Waals surface area contributed by atoms with Gasteiger partial charge in [-0.05, 0) is 56.5 Å². The second-order valence-corrected chi connectivity index (χ2v) is 7.81. The van der Waals surface area contributed by atoms with Crippen molar-refractivity contribution in [3.63, 3.8) is 0 Å². The van der Waals surface area contributed by atoms with Gasteiger partial charge in [0.05, 0.1) is 10.0 Å². The number of nitrogens with zero attached hydrogens (tertiary/aromatic N) is 2. The number of anilines is 1. The van der Waals surface area contributed by atoms with E-state index in [1.165, 1.54) is 16.8 Å². The minimum atomic E-state index is 0.578. The summed E-state index contributed by atoms with van der Waals surface area (Å²) < 4.78 is 0. The minimum Gasteiger partial charge on any atom is -0.369 e. The van der Waals surface area contributed by atoms with Crippen LogP contribution in [0.1, 0.15) is 24.5 Å². The van der Waals surface area contributed by atoms with E-state index in [0.29, 0.717) is 16.1 Å². The molecule has 0 bridgehead atoms. The Morgan fingerprint density at radius 2 is 1.60 bits per heavy atom. The van der Waals surface area contributed by atoms with E-state index in [9.17, 15) is 0 Å². The SMILES string of the molecule is Cc1ccc(N2CCN(C(C)CCc3ccc(Cl)c(Cl)c3)CC2)cc1. The van der Waals surface area contributed by atoms with E-state index >= 15 is 0 Å². The highest BCUT2D eigenvalue weighted by atomic mass is 35.5. The van der Waals surface area contributed by atoms with Crippen molar-refractivity contribution >= 4 is 28.9 Å². The molecular weight excluding hydrogens is 351 g/mol. The molecule has 0 amide bonds. The van der Waals surface area contributed by atoms with Gasteiger partial charge in [0.1, 0.15) is 0 Å². The van der Waals surface area contributed by atoms with E-state index in [1.807, 2.05) is 12.1 Å². The fraction of sp³-hybridized carbons (Fsp3) is 0.429. The summed E-state index contributed by atoms with van der Waals surface area (Å²) in [6.07, 6.45) is 2.18. The molecule has 2 aromatic carbocycles. The lowest BCUT2D eigenvalue weighted by Crippen LogP contribution is -2.49. The Balaban J connectivity index is 1.48. The molecule has 3 rings (SSSR count). The maximum atomic E-state index is 6.11. The van der Waals surface area contributed by atoms with E-state index in [4.69, 9.17) is 23.2 Å². The van der Waals surface area contributed by atoms with Gasteiger partial charge >= 0.3 is 0 Å². The highest BCUT2D eigenvalue weighted by molar-refractivity contribution is 6.42. The minimum absolute atomic E-state index is 0.578. The molecule has 1 atom stereocenters. The zero-order valence-corrected chi connectivity index (χ0v) is 16.5. The number of halogens is 2. The van der Waals surface area contributed by atoms with E-state index in [1.54, 1.807) is 0 Å². The summed E-state index contributed by atoms with van der Waals surface area (Å²) in [4.78, 5) is 5.09. The molecule has 1 fully saturated rings. The first-order valence-electron chi connectivity index (χ1n) is 9.02. The fourth-order valence-corrected chi connectivity index (χ4v) is 3.75. The Morgan fingerprint density at radius 1 is 0.920 bits per heavy atom. The maximum Gasteiger partial charge on any atom is 0.0595 e. The molecule has 1 heterocycles. The lowest BCUT2D eigenvalue weighted by molar-refractivity contribution is 0.189. The normalized spacial score (nSPS) is 16.9. The summed E-state index contributed by atoms with van der Waals surface area (Å²) in [5.74, 6) is 0. The van der Waals surface area contributed by atoms with Crippen LogP contribution in [-0.2, 0) is 6.42 Å². The molecule has 1 unspecified atom stereocenters. The number of rotatable bonds is 5. The molecular formula is C21H26Cl2N2. The molecule has 25 heavy (non-hydrogen) atoms. The highest BCUT2D eigenvalue weighted by Crippen LogP contribution is 2.24. The average molecular weight is 377 g/mol. The van der Waals surface area contributed by atoms with Gasteiger partial charge in [-0.3, -0.25) is 4.90 Å². The van der Waals surface area contributed by atoms with Crippen LogP contribution in [0.5, 0.6) is 0 Å². The molecule has 0 aliphatic carbocycles. The van der Waals surface area contributed by atoms with Crippen molar-refractivity contribution in [3.8, 4) is 0 Å². The molecule has 2 aromatic rings. The van der Waals surface area contributed by atoms with Crippen LogP contribution in [0.2, 0.25) is 10.0 Å². The van der Waals surface area contributed by atoms with E-state index in [0.717, 1.165) is 39.0 Å².